The number of rotatable bonds is 5. The van der Waals surface area contributed by atoms with E-state index in [9.17, 15) is 9.90 Å². The number of hydrogen-bond donors (Lipinski definition) is 1. The zero-order valence-electron chi connectivity index (χ0n) is 10.6. The highest BCUT2D eigenvalue weighted by atomic mass is 16.3. The number of benzene rings is 1. The monoisotopic (exact) mass is 233 g/mol. The zero-order valence-corrected chi connectivity index (χ0v) is 10.6. The third-order valence-corrected chi connectivity index (χ3v) is 2.64. The maximum atomic E-state index is 11.2. The topological polar surface area (TPSA) is 40.5 Å². The lowest BCUT2D eigenvalue weighted by atomic mass is 10.1. The molecule has 0 atom stereocenters. The lowest BCUT2D eigenvalue weighted by molar-refractivity contribution is 0.101. The third kappa shape index (κ3) is 3.09. The minimum atomic E-state index is -0.131. The van der Waals surface area contributed by atoms with Gasteiger partial charge >= 0.3 is 0 Å². The smallest absolute Gasteiger partial charge is 0.163 e. The normalized spacial score (nSPS) is 10.4. The molecule has 0 amide bonds. The van der Waals surface area contributed by atoms with Crippen molar-refractivity contribution in [1.82, 2.24) is 0 Å². The second kappa shape index (κ2) is 5.53. The van der Waals surface area contributed by atoms with Gasteiger partial charge in [-0.25, -0.2) is 0 Å². The van der Waals surface area contributed by atoms with Gasteiger partial charge in [0, 0.05) is 24.3 Å². The zero-order chi connectivity index (χ0) is 13.0. The van der Waals surface area contributed by atoms with Crippen molar-refractivity contribution in [3.05, 3.63) is 36.4 Å². The van der Waals surface area contributed by atoms with Crippen LogP contribution in [0, 0.1) is 0 Å². The highest BCUT2D eigenvalue weighted by molar-refractivity contribution is 5.97. The largest absolute Gasteiger partial charge is 0.507 e. The van der Waals surface area contributed by atoms with Gasteiger partial charge in [0.05, 0.1) is 5.56 Å². The van der Waals surface area contributed by atoms with Crippen molar-refractivity contribution in [2.24, 2.45) is 0 Å². The van der Waals surface area contributed by atoms with E-state index in [2.05, 4.69) is 25.3 Å². The van der Waals surface area contributed by atoms with Gasteiger partial charge in [-0.15, -0.1) is 6.58 Å². The minimum absolute atomic E-state index is 0.0321. The third-order valence-electron chi connectivity index (χ3n) is 2.64. The summed E-state index contributed by atoms with van der Waals surface area (Å²) in [6, 6.07) is 5.43. The predicted molar refractivity (Wildman–Crippen MR) is 70.8 cm³/mol. The average molecular weight is 233 g/mol. The van der Waals surface area contributed by atoms with E-state index < -0.39 is 0 Å². The Kier molecular flexibility index (Phi) is 4.32. The molecule has 0 aliphatic carbocycles. The molecule has 3 nitrogen and oxygen atoms in total. The Hall–Kier alpha value is -1.77. The summed E-state index contributed by atoms with van der Waals surface area (Å²) in [7, 11) is 0. The Labute approximate surface area is 102 Å². The molecule has 0 aromatic heterocycles. The second-order valence-electron chi connectivity index (χ2n) is 4.29. The molecular formula is C14H19NO2. The fourth-order valence-corrected chi connectivity index (χ4v) is 1.75. The number of aromatic hydroxyl groups is 1. The summed E-state index contributed by atoms with van der Waals surface area (Å²) in [5.41, 5.74) is 1.25. The van der Waals surface area contributed by atoms with E-state index in [-0.39, 0.29) is 11.5 Å². The maximum Gasteiger partial charge on any atom is 0.163 e. The summed E-state index contributed by atoms with van der Waals surface area (Å²) in [5, 5.41) is 9.79. The van der Waals surface area contributed by atoms with E-state index in [1.165, 1.54) is 6.92 Å². The molecule has 3 heteroatoms. The number of carbonyl (C=O) groups excluding carboxylic acids is 1. The summed E-state index contributed by atoms with van der Waals surface area (Å²) >= 11 is 0. The fourth-order valence-electron chi connectivity index (χ4n) is 1.75. The van der Waals surface area contributed by atoms with E-state index in [0.717, 1.165) is 5.69 Å². The Morgan fingerprint density at radius 1 is 1.53 bits per heavy atom. The van der Waals surface area contributed by atoms with Crippen LogP contribution in [0.2, 0.25) is 0 Å². The molecule has 17 heavy (non-hydrogen) atoms. The molecule has 92 valence electrons. The van der Waals surface area contributed by atoms with Crippen LogP contribution in [0.3, 0.4) is 0 Å². The molecule has 0 saturated carbocycles. The van der Waals surface area contributed by atoms with Gasteiger partial charge in [0.25, 0.3) is 0 Å². The van der Waals surface area contributed by atoms with Crippen molar-refractivity contribution < 1.29 is 9.90 Å². The summed E-state index contributed by atoms with van der Waals surface area (Å²) < 4.78 is 0. The van der Waals surface area contributed by atoms with Gasteiger partial charge in [0.1, 0.15) is 5.75 Å². The molecule has 1 aromatic carbocycles. The molecule has 0 aliphatic heterocycles. The summed E-state index contributed by atoms with van der Waals surface area (Å²) in [4.78, 5) is 13.3. The first-order valence-electron chi connectivity index (χ1n) is 5.68. The standard InChI is InChI=1S/C14H19NO2/c1-5-8-15(10(2)3)12-6-7-13(11(4)16)14(17)9-12/h5-7,9-10,17H,1,8H2,2-4H3. The first-order chi connectivity index (χ1) is 7.97. The number of carbonyl (C=O) groups is 1. The van der Waals surface area contributed by atoms with E-state index in [1.807, 2.05) is 12.1 Å². The van der Waals surface area contributed by atoms with Gasteiger partial charge in [-0.3, -0.25) is 4.79 Å². The van der Waals surface area contributed by atoms with Crippen LogP contribution >= 0.6 is 0 Å². The number of anilines is 1. The molecule has 1 N–H and O–H groups in total. The molecule has 0 radical (unpaired) electrons. The number of nitrogens with zero attached hydrogens (tertiary/aromatic N) is 1. The highest BCUT2D eigenvalue weighted by Gasteiger charge is 2.12. The number of phenols is 1. The first kappa shape index (κ1) is 13.3. The molecule has 0 bridgehead atoms. The molecule has 0 fully saturated rings. The summed E-state index contributed by atoms with van der Waals surface area (Å²) in [6.07, 6.45) is 1.82. The number of ketones is 1. The van der Waals surface area contributed by atoms with Gasteiger partial charge in [0.2, 0.25) is 0 Å². The molecule has 0 aliphatic rings. The average Bonchev–Trinajstić information content (AvgIpc) is 2.24. The van der Waals surface area contributed by atoms with Gasteiger partial charge in [-0.2, -0.15) is 0 Å². The number of phenolic OH excluding ortho intramolecular Hbond substituents is 1. The Balaban J connectivity index is 3.10. The van der Waals surface area contributed by atoms with Crippen LogP contribution in [0.15, 0.2) is 30.9 Å². The Bertz CT molecular complexity index is 424. The summed E-state index contributed by atoms with van der Waals surface area (Å²) in [6.45, 7) is 10.0. The lowest BCUT2D eigenvalue weighted by Crippen LogP contribution is -2.30. The quantitative estimate of drug-likeness (QED) is 0.628. The predicted octanol–water partition coefficient (Wildman–Crippen LogP) is 3.00. The van der Waals surface area contributed by atoms with Crippen LogP contribution in [0.1, 0.15) is 31.1 Å². The van der Waals surface area contributed by atoms with E-state index >= 15 is 0 Å². The van der Waals surface area contributed by atoms with Crippen LogP contribution in [0.4, 0.5) is 5.69 Å². The fraction of sp³-hybridized carbons (Fsp3) is 0.357. The Morgan fingerprint density at radius 3 is 2.59 bits per heavy atom. The van der Waals surface area contributed by atoms with Crippen LogP contribution < -0.4 is 4.90 Å². The van der Waals surface area contributed by atoms with Crippen molar-refractivity contribution in [2.45, 2.75) is 26.8 Å². The highest BCUT2D eigenvalue weighted by Crippen LogP contribution is 2.26. The molecule has 0 saturated heterocycles. The number of Topliss-reactive ketones (excluding diaryl/α,β-unsaturated/α-hetero) is 1. The number of hydrogen-bond acceptors (Lipinski definition) is 3. The molecular weight excluding hydrogens is 214 g/mol. The van der Waals surface area contributed by atoms with Gasteiger partial charge in [0.15, 0.2) is 5.78 Å². The lowest BCUT2D eigenvalue weighted by Gasteiger charge is -2.28. The van der Waals surface area contributed by atoms with Crippen LogP contribution in [0.5, 0.6) is 5.75 Å². The second-order valence-corrected chi connectivity index (χ2v) is 4.29. The van der Waals surface area contributed by atoms with Crippen LogP contribution in [-0.4, -0.2) is 23.5 Å². The van der Waals surface area contributed by atoms with Crippen LogP contribution in [-0.2, 0) is 0 Å². The van der Waals surface area contributed by atoms with E-state index in [1.54, 1.807) is 12.1 Å². The van der Waals surface area contributed by atoms with Crippen molar-refractivity contribution in [2.75, 3.05) is 11.4 Å². The van der Waals surface area contributed by atoms with Crippen molar-refractivity contribution in [3.8, 4) is 5.75 Å². The first-order valence-corrected chi connectivity index (χ1v) is 5.68. The van der Waals surface area contributed by atoms with E-state index in [0.29, 0.717) is 18.2 Å². The van der Waals surface area contributed by atoms with Crippen molar-refractivity contribution >= 4 is 11.5 Å². The molecule has 0 heterocycles. The van der Waals surface area contributed by atoms with Crippen molar-refractivity contribution in [3.63, 3.8) is 0 Å². The molecule has 0 unspecified atom stereocenters. The maximum absolute atomic E-state index is 11.2. The summed E-state index contributed by atoms with van der Waals surface area (Å²) in [5.74, 6) is -0.0985. The van der Waals surface area contributed by atoms with Crippen molar-refractivity contribution in [1.29, 1.82) is 0 Å². The molecule has 1 aromatic rings. The van der Waals surface area contributed by atoms with Gasteiger partial charge in [-0.1, -0.05) is 6.08 Å². The van der Waals surface area contributed by atoms with Crippen LogP contribution in [0.25, 0.3) is 0 Å². The van der Waals surface area contributed by atoms with Gasteiger partial charge < -0.3 is 10.0 Å². The SMILES string of the molecule is C=CCN(c1ccc(C(C)=O)c(O)c1)C(C)C. The minimum Gasteiger partial charge on any atom is -0.507 e. The van der Waals surface area contributed by atoms with Gasteiger partial charge in [-0.05, 0) is 32.9 Å². The molecule has 1 rings (SSSR count). The van der Waals surface area contributed by atoms with E-state index in [4.69, 9.17) is 0 Å². The molecule has 0 spiro atoms. The Morgan fingerprint density at radius 2 is 2.18 bits per heavy atom.